The summed E-state index contributed by atoms with van der Waals surface area (Å²) in [5, 5.41) is 3.17. The fourth-order valence-corrected chi connectivity index (χ4v) is 4.07. The number of allylic oxidation sites excluding steroid dienone is 2. The molecule has 5 nitrogen and oxygen atoms in total. The van der Waals surface area contributed by atoms with Crippen molar-refractivity contribution >= 4 is 40.7 Å². The summed E-state index contributed by atoms with van der Waals surface area (Å²) in [4.78, 5) is 40.1. The van der Waals surface area contributed by atoms with E-state index in [0.717, 1.165) is 5.57 Å². The second kappa shape index (κ2) is 7.24. The van der Waals surface area contributed by atoms with Crippen molar-refractivity contribution in [3.05, 3.63) is 70.8 Å². The van der Waals surface area contributed by atoms with Crippen molar-refractivity contribution < 1.29 is 14.4 Å². The van der Waals surface area contributed by atoms with Crippen LogP contribution in [0, 0.1) is 11.8 Å². The lowest BCUT2D eigenvalue weighted by Crippen LogP contribution is -2.33. The highest BCUT2D eigenvalue weighted by molar-refractivity contribution is 6.34. The highest BCUT2D eigenvalue weighted by atomic mass is 35.5. The third-order valence-corrected chi connectivity index (χ3v) is 5.66. The first-order chi connectivity index (χ1) is 13.5. The zero-order chi connectivity index (χ0) is 19.8. The molecule has 0 saturated carbocycles. The molecule has 2 aromatic rings. The summed E-state index contributed by atoms with van der Waals surface area (Å²) >= 11 is 6.13. The number of hydrogen-bond donors (Lipinski definition) is 1. The highest BCUT2D eigenvalue weighted by Crippen LogP contribution is 2.40. The van der Waals surface area contributed by atoms with E-state index in [-0.39, 0.29) is 29.2 Å². The van der Waals surface area contributed by atoms with E-state index in [9.17, 15) is 14.4 Å². The van der Waals surface area contributed by atoms with Gasteiger partial charge >= 0.3 is 0 Å². The Morgan fingerprint density at radius 3 is 2.50 bits per heavy atom. The largest absolute Gasteiger partial charge is 0.321 e. The van der Waals surface area contributed by atoms with Crippen molar-refractivity contribution in [3.8, 4) is 0 Å². The van der Waals surface area contributed by atoms with Crippen LogP contribution < -0.4 is 10.2 Å². The van der Waals surface area contributed by atoms with Gasteiger partial charge in [-0.2, -0.15) is 0 Å². The van der Waals surface area contributed by atoms with Gasteiger partial charge in [-0.25, -0.2) is 4.90 Å². The standard InChI is InChI=1S/C22H19ClN2O3/c1-13-10-11-14-16(12-13)22(28)25(21(14)27)19-9-5-2-6-15(19)20(26)24-18-8-4-3-7-17(18)23/h2-10,14,16H,11-12H2,1H3,(H,24,26)/t14-,16-/m0/s1. The SMILES string of the molecule is CC1=CC[C@@H]2C(=O)N(c3ccccc3C(=O)Nc3ccccc3Cl)C(=O)[C@H]2C1. The van der Waals surface area contributed by atoms with Gasteiger partial charge in [0.05, 0.1) is 33.8 Å². The summed E-state index contributed by atoms with van der Waals surface area (Å²) < 4.78 is 0. The highest BCUT2D eigenvalue weighted by Gasteiger charge is 2.49. The number of fused-ring (bicyclic) bond motifs is 1. The minimum atomic E-state index is -0.423. The van der Waals surface area contributed by atoms with E-state index in [4.69, 9.17) is 11.6 Å². The first-order valence-electron chi connectivity index (χ1n) is 9.15. The Morgan fingerprint density at radius 1 is 1.04 bits per heavy atom. The summed E-state index contributed by atoms with van der Waals surface area (Å²) in [5.41, 5.74) is 2.16. The van der Waals surface area contributed by atoms with Crippen molar-refractivity contribution in [1.29, 1.82) is 0 Å². The molecule has 1 aliphatic heterocycles. The van der Waals surface area contributed by atoms with Crippen LogP contribution in [0.3, 0.4) is 0 Å². The van der Waals surface area contributed by atoms with Gasteiger partial charge in [0.15, 0.2) is 0 Å². The molecule has 1 aliphatic carbocycles. The minimum Gasteiger partial charge on any atom is -0.321 e. The summed E-state index contributed by atoms with van der Waals surface area (Å²) in [6.45, 7) is 1.97. The summed E-state index contributed by atoms with van der Waals surface area (Å²) in [5.74, 6) is -1.60. The molecule has 4 rings (SSSR count). The van der Waals surface area contributed by atoms with E-state index in [1.807, 2.05) is 13.0 Å². The third-order valence-electron chi connectivity index (χ3n) is 5.33. The number of amides is 3. The maximum Gasteiger partial charge on any atom is 0.257 e. The van der Waals surface area contributed by atoms with Crippen LogP contribution in [-0.4, -0.2) is 17.7 Å². The number of para-hydroxylation sites is 2. The number of halogens is 1. The van der Waals surface area contributed by atoms with Crippen molar-refractivity contribution in [3.63, 3.8) is 0 Å². The maximum atomic E-state index is 13.0. The van der Waals surface area contributed by atoms with Gasteiger partial charge in [0.25, 0.3) is 5.91 Å². The van der Waals surface area contributed by atoms with Crippen molar-refractivity contribution in [1.82, 2.24) is 0 Å². The molecule has 1 N–H and O–H groups in total. The molecule has 1 heterocycles. The molecular formula is C22H19ClN2O3. The Kier molecular flexibility index (Phi) is 4.77. The summed E-state index contributed by atoms with van der Waals surface area (Å²) in [6, 6.07) is 13.6. The Morgan fingerprint density at radius 2 is 1.71 bits per heavy atom. The van der Waals surface area contributed by atoms with Crippen LogP contribution in [0.25, 0.3) is 0 Å². The zero-order valence-corrected chi connectivity index (χ0v) is 16.1. The lowest BCUT2D eigenvalue weighted by Gasteiger charge is -2.19. The fourth-order valence-electron chi connectivity index (χ4n) is 3.89. The normalized spacial score (nSPS) is 21.4. The van der Waals surface area contributed by atoms with Gasteiger partial charge in [0.2, 0.25) is 11.8 Å². The molecule has 28 heavy (non-hydrogen) atoms. The molecule has 142 valence electrons. The Balaban J connectivity index is 1.67. The molecule has 0 aromatic heterocycles. The van der Waals surface area contributed by atoms with Gasteiger partial charge in [-0.1, -0.05) is 47.5 Å². The van der Waals surface area contributed by atoms with Crippen LogP contribution in [0.4, 0.5) is 11.4 Å². The van der Waals surface area contributed by atoms with Crippen LogP contribution in [0.1, 0.15) is 30.1 Å². The fraction of sp³-hybridized carbons (Fsp3) is 0.227. The van der Waals surface area contributed by atoms with E-state index in [0.29, 0.717) is 29.2 Å². The first kappa shape index (κ1) is 18.4. The number of imide groups is 1. The van der Waals surface area contributed by atoms with Gasteiger partial charge in [-0.15, -0.1) is 0 Å². The van der Waals surface area contributed by atoms with Gasteiger partial charge in [0.1, 0.15) is 0 Å². The Labute approximate surface area is 168 Å². The number of hydrogen-bond acceptors (Lipinski definition) is 3. The predicted octanol–water partition coefficient (Wildman–Crippen LogP) is 4.44. The smallest absolute Gasteiger partial charge is 0.257 e. The van der Waals surface area contributed by atoms with Crippen molar-refractivity contribution in [2.75, 3.05) is 10.2 Å². The van der Waals surface area contributed by atoms with Crippen LogP contribution in [0.15, 0.2) is 60.2 Å². The number of anilines is 2. The molecule has 0 spiro atoms. The Hall–Kier alpha value is -2.92. The quantitative estimate of drug-likeness (QED) is 0.618. The van der Waals surface area contributed by atoms with E-state index in [1.54, 1.807) is 48.5 Å². The zero-order valence-electron chi connectivity index (χ0n) is 15.3. The molecule has 6 heteroatoms. The van der Waals surface area contributed by atoms with Crippen molar-refractivity contribution in [2.24, 2.45) is 11.8 Å². The molecule has 3 amide bonds. The van der Waals surface area contributed by atoms with Gasteiger partial charge in [-0.3, -0.25) is 14.4 Å². The lowest BCUT2D eigenvalue weighted by molar-refractivity contribution is -0.122. The number of nitrogens with one attached hydrogen (secondary N) is 1. The second-order valence-electron chi connectivity index (χ2n) is 7.17. The predicted molar refractivity (Wildman–Crippen MR) is 108 cm³/mol. The van der Waals surface area contributed by atoms with Crippen LogP contribution in [-0.2, 0) is 9.59 Å². The average molecular weight is 395 g/mol. The molecule has 2 atom stereocenters. The van der Waals surface area contributed by atoms with E-state index in [1.165, 1.54) is 4.90 Å². The molecule has 2 aliphatic rings. The monoisotopic (exact) mass is 394 g/mol. The van der Waals surface area contributed by atoms with Crippen LogP contribution in [0.2, 0.25) is 5.02 Å². The van der Waals surface area contributed by atoms with Gasteiger partial charge in [-0.05, 0) is 44.0 Å². The lowest BCUT2D eigenvalue weighted by atomic mass is 9.82. The first-order valence-corrected chi connectivity index (χ1v) is 9.53. The molecule has 1 saturated heterocycles. The number of nitrogens with zero attached hydrogens (tertiary/aromatic N) is 1. The second-order valence-corrected chi connectivity index (χ2v) is 7.57. The summed E-state index contributed by atoms with van der Waals surface area (Å²) in [7, 11) is 0. The molecule has 0 radical (unpaired) electrons. The van der Waals surface area contributed by atoms with Gasteiger partial charge < -0.3 is 5.32 Å². The van der Waals surface area contributed by atoms with Gasteiger partial charge in [0, 0.05) is 0 Å². The van der Waals surface area contributed by atoms with E-state index < -0.39 is 5.91 Å². The van der Waals surface area contributed by atoms with E-state index >= 15 is 0 Å². The molecule has 2 aromatic carbocycles. The van der Waals surface area contributed by atoms with Crippen molar-refractivity contribution in [2.45, 2.75) is 19.8 Å². The molecule has 0 unspecified atom stereocenters. The van der Waals surface area contributed by atoms with E-state index in [2.05, 4.69) is 5.32 Å². The van der Waals surface area contributed by atoms with Crippen LogP contribution in [0.5, 0.6) is 0 Å². The Bertz CT molecular complexity index is 1010. The number of carbonyl (C=O) groups is 3. The molecular weight excluding hydrogens is 376 g/mol. The third kappa shape index (κ3) is 3.12. The molecule has 1 fully saturated rings. The summed E-state index contributed by atoms with van der Waals surface area (Å²) in [6.07, 6.45) is 3.16. The topological polar surface area (TPSA) is 66.5 Å². The average Bonchev–Trinajstić information content (AvgIpc) is 2.93. The maximum absolute atomic E-state index is 13.0. The van der Waals surface area contributed by atoms with Crippen LogP contribution >= 0.6 is 11.6 Å². The molecule has 0 bridgehead atoms. The number of rotatable bonds is 3. The number of carbonyl (C=O) groups excluding carboxylic acids is 3. The minimum absolute atomic E-state index is 0.236. The number of benzene rings is 2.